The first kappa shape index (κ1) is 16.7. The molecule has 120 valence electrons. The van der Waals surface area contributed by atoms with Crippen LogP contribution in [0, 0.1) is 12.8 Å². The summed E-state index contributed by atoms with van der Waals surface area (Å²) in [6.07, 6.45) is 2.73. The lowest BCUT2D eigenvalue weighted by Crippen LogP contribution is -2.40. The molecular formula is C18H26N2O2. The minimum Gasteiger partial charge on any atom is -0.343 e. The molecule has 22 heavy (non-hydrogen) atoms. The highest BCUT2D eigenvalue weighted by Crippen LogP contribution is 2.17. The molecule has 0 spiro atoms. The molecule has 4 heteroatoms. The van der Waals surface area contributed by atoms with E-state index in [-0.39, 0.29) is 11.7 Å². The topological polar surface area (TPSA) is 49.4 Å². The third kappa shape index (κ3) is 4.67. The van der Waals surface area contributed by atoms with Crippen LogP contribution in [0.15, 0.2) is 24.3 Å². The van der Waals surface area contributed by atoms with Crippen molar-refractivity contribution in [2.24, 2.45) is 5.92 Å². The molecular weight excluding hydrogens is 276 g/mol. The van der Waals surface area contributed by atoms with Crippen molar-refractivity contribution in [3.63, 3.8) is 0 Å². The molecule has 4 nitrogen and oxygen atoms in total. The van der Waals surface area contributed by atoms with Crippen molar-refractivity contribution in [1.29, 1.82) is 0 Å². The summed E-state index contributed by atoms with van der Waals surface area (Å²) in [6, 6.07) is 7.54. The van der Waals surface area contributed by atoms with Crippen LogP contribution in [0.4, 0.5) is 0 Å². The van der Waals surface area contributed by atoms with Crippen LogP contribution in [0.5, 0.6) is 0 Å². The fraction of sp³-hybridized carbons (Fsp3) is 0.556. The number of hydrogen-bond acceptors (Lipinski definition) is 3. The van der Waals surface area contributed by atoms with Crippen molar-refractivity contribution in [3.8, 4) is 0 Å². The Morgan fingerprint density at radius 3 is 2.36 bits per heavy atom. The van der Waals surface area contributed by atoms with Gasteiger partial charge in [-0.25, -0.2) is 0 Å². The molecule has 0 aromatic heterocycles. The standard InChI is InChI=1S/C18H26N2O2/c1-14-3-5-16(6-4-14)17(21)7-8-18(22)20-11-9-15(10-12-20)13-19-2/h3-6,15,19H,7-13H2,1-2H3. The first-order valence-electron chi connectivity index (χ1n) is 8.12. The summed E-state index contributed by atoms with van der Waals surface area (Å²) in [5.74, 6) is 0.838. The first-order chi connectivity index (χ1) is 10.6. The molecule has 1 aromatic rings. The number of benzene rings is 1. The number of carbonyl (C=O) groups is 2. The molecule has 1 amide bonds. The highest BCUT2D eigenvalue weighted by molar-refractivity contribution is 5.97. The maximum absolute atomic E-state index is 12.2. The zero-order chi connectivity index (χ0) is 15.9. The maximum Gasteiger partial charge on any atom is 0.223 e. The van der Waals surface area contributed by atoms with Crippen molar-refractivity contribution < 1.29 is 9.59 Å². The van der Waals surface area contributed by atoms with E-state index >= 15 is 0 Å². The van der Waals surface area contributed by atoms with Gasteiger partial charge in [-0.1, -0.05) is 29.8 Å². The number of Topliss-reactive ketones (excluding diaryl/α,β-unsaturated/α-hetero) is 1. The number of likely N-dealkylation sites (tertiary alicyclic amines) is 1. The number of hydrogen-bond donors (Lipinski definition) is 1. The molecule has 0 aliphatic carbocycles. The van der Waals surface area contributed by atoms with E-state index in [1.165, 1.54) is 0 Å². The second-order valence-corrected chi connectivity index (χ2v) is 6.17. The summed E-state index contributed by atoms with van der Waals surface area (Å²) in [7, 11) is 1.97. The molecule has 1 heterocycles. The average Bonchev–Trinajstić information content (AvgIpc) is 2.54. The molecule has 1 fully saturated rings. The van der Waals surface area contributed by atoms with Gasteiger partial charge in [0.05, 0.1) is 0 Å². The van der Waals surface area contributed by atoms with E-state index < -0.39 is 0 Å². The Labute approximate surface area is 132 Å². The van der Waals surface area contributed by atoms with E-state index in [1.807, 2.05) is 43.1 Å². The molecule has 1 aliphatic heterocycles. The highest BCUT2D eigenvalue weighted by atomic mass is 16.2. The Balaban J connectivity index is 1.76. The van der Waals surface area contributed by atoms with Crippen LogP contribution in [0.25, 0.3) is 0 Å². The van der Waals surface area contributed by atoms with Crippen LogP contribution < -0.4 is 5.32 Å². The van der Waals surface area contributed by atoms with Crippen molar-refractivity contribution in [1.82, 2.24) is 10.2 Å². The number of nitrogens with one attached hydrogen (secondary N) is 1. The lowest BCUT2D eigenvalue weighted by atomic mass is 9.96. The number of amides is 1. The fourth-order valence-corrected chi connectivity index (χ4v) is 2.94. The first-order valence-corrected chi connectivity index (χ1v) is 8.12. The molecule has 2 rings (SSSR count). The van der Waals surface area contributed by atoms with Crippen LogP contribution >= 0.6 is 0 Å². The average molecular weight is 302 g/mol. The van der Waals surface area contributed by atoms with Gasteiger partial charge >= 0.3 is 0 Å². The Hall–Kier alpha value is -1.68. The Morgan fingerprint density at radius 1 is 1.14 bits per heavy atom. The van der Waals surface area contributed by atoms with Gasteiger partial charge in [-0.05, 0) is 39.3 Å². The molecule has 0 radical (unpaired) electrons. The van der Waals surface area contributed by atoms with Gasteiger partial charge in [-0.15, -0.1) is 0 Å². The lowest BCUT2D eigenvalue weighted by Gasteiger charge is -2.32. The predicted molar refractivity (Wildman–Crippen MR) is 88.0 cm³/mol. The van der Waals surface area contributed by atoms with E-state index in [1.54, 1.807) is 0 Å². The number of piperidine rings is 1. The Morgan fingerprint density at radius 2 is 1.77 bits per heavy atom. The summed E-state index contributed by atoms with van der Waals surface area (Å²) in [5.41, 5.74) is 1.84. The van der Waals surface area contributed by atoms with Gasteiger partial charge in [-0.3, -0.25) is 9.59 Å². The Bertz CT molecular complexity index is 502. The van der Waals surface area contributed by atoms with Gasteiger partial charge < -0.3 is 10.2 Å². The normalized spacial score (nSPS) is 15.8. The van der Waals surface area contributed by atoms with Gasteiger partial charge in [0, 0.05) is 31.5 Å². The molecule has 1 aliphatic rings. The molecule has 1 N–H and O–H groups in total. The predicted octanol–water partition coefficient (Wildman–Crippen LogP) is 2.42. The largest absolute Gasteiger partial charge is 0.343 e. The highest BCUT2D eigenvalue weighted by Gasteiger charge is 2.22. The summed E-state index contributed by atoms with van der Waals surface area (Å²) >= 11 is 0. The van der Waals surface area contributed by atoms with Gasteiger partial charge in [-0.2, -0.15) is 0 Å². The van der Waals surface area contributed by atoms with Crippen LogP contribution in [0.3, 0.4) is 0 Å². The van der Waals surface area contributed by atoms with Gasteiger partial charge in [0.1, 0.15) is 0 Å². The van der Waals surface area contributed by atoms with Gasteiger partial charge in [0.25, 0.3) is 0 Å². The second-order valence-electron chi connectivity index (χ2n) is 6.17. The molecule has 1 saturated heterocycles. The number of carbonyl (C=O) groups excluding carboxylic acids is 2. The number of nitrogens with zero attached hydrogens (tertiary/aromatic N) is 1. The summed E-state index contributed by atoms with van der Waals surface area (Å²) in [6.45, 7) is 4.66. The zero-order valence-corrected chi connectivity index (χ0v) is 13.6. The maximum atomic E-state index is 12.2. The van der Waals surface area contributed by atoms with Gasteiger partial charge in [0.2, 0.25) is 5.91 Å². The van der Waals surface area contributed by atoms with Crippen molar-refractivity contribution >= 4 is 11.7 Å². The molecule has 0 saturated carbocycles. The number of aryl methyl sites for hydroxylation is 1. The summed E-state index contributed by atoms with van der Waals surface area (Å²) in [4.78, 5) is 26.2. The second kappa shape index (κ2) is 8.08. The summed E-state index contributed by atoms with van der Waals surface area (Å²) in [5, 5.41) is 3.20. The molecule has 0 bridgehead atoms. The van der Waals surface area contributed by atoms with Gasteiger partial charge in [0.15, 0.2) is 5.78 Å². The van der Waals surface area contributed by atoms with Crippen molar-refractivity contribution in [2.45, 2.75) is 32.6 Å². The lowest BCUT2D eigenvalue weighted by molar-refractivity contribution is -0.132. The van der Waals surface area contributed by atoms with E-state index in [9.17, 15) is 9.59 Å². The third-order valence-electron chi connectivity index (χ3n) is 4.40. The smallest absolute Gasteiger partial charge is 0.223 e. The minimum atomic E-state index is 0.0541. The molecule has 0 unspecified atom stereocenters. The van der Waals surface area contributed by atoms with Crippen LogP contribution in [-0.2, 0) is 4.79 Å². The van der Waals surface area contributed by atoms with Crippen LogP contribution in [0.2, 0.25) is 0 Å². The van der Waals surface area contributed by atoms with Crippen LogP contribution in [0.1, 0.15) is 41.6 Å². The molecule has 1 aromatic carbocycles. The van der Waals surface area contributed by atoms with E-state index in [4.69, 9.17) is 0 Å². The van der Waals surface area contributed by atoms with E-state index in [0.717, 1.165) is 38.0 Å². The van der Waals surface area contributed by atoms with Crippen molar-refractivity contribution in [2.75, 3.05) is 26.7 Å². The zero-order valence-electron chi connectivity index (χ0n) is 13.6. The van der Waals surface area contributed by atoms with Crippen LogP contribution in [-0.4, -0.2) is 43.3 Å². The molecule has 0 atom stereocenters. The Kier molecular flexibility index (Phi) is 6.13. The fourth-order valence-electron chi connectivity index (χ4n) is 2.94. The monoisotopic (exact) mass is 302 g/mol. The number of rotatable bonds is 6. The van der Waals surface area contributed by atoms with E-state index in [0.29, 0.717) is 24.3 Å². The van der Waals surface area contributed by atoms with Crippen molar-refractivity contribution in [3.05, 3.63) is 35.4 Å². The minimum absolute atomic E-state index is 0.0541. The quantitative estimate of drug-likeness (QED) is 0.821. The third-order valence-corrected chi connectivity index (χ3v) is 4.40. The van der Waals surface area contributed by atoms with E-state index in [2.05, 4.69) is 5.32 Å². The summed E-state index contributed by atoms with van der Waals surface area (Å²) < 4.78 is 0. The number of ketones is 1. The SMILES string of the molecule is CNCC1CCN(C(=O)CCC(=O)c2ccc(C)cc2)CC1.